The number of carbonyl (C=O) groups excluding carboxylic acids is 2. The highest BCUT2D eigenvalue weighted by Crippen LogP contribution is 2.42. The van der Waals surface area contributed by atoms with Gasteiger partial charge in [0.1, 0.15) is 7.57 Å². The van der Waals surface area contributed by atoms with Crippen LogP contribution in [0.3, 0.4) is 0 Å². The van der Waals surface area contributed by atoms with Crippen LogP contribution in [0, 0.1) is 0 Å². The number of Topliss-reactive ketones (excluding diaryl/α,β-unsaturated/α-hetero) is 1. The number of hydrogen-bond donors (Lipinski definition) is 0. The van der Waals surface area contributed by atoms with E-state index in [0.29, 0.717) is 11.3 Å². The van der Waals surface area contributed by atoms with E-state index in [1.54, 1.807) is 30.9 Å². The van der Waals surface area contributed by atoms with Crippen LogP contribution in [0.2, 0.25) is 0 Å². The number of fused-ring (bicyclic) bond motifs is 1. The maximum absolute atomic E-state index is 11.5. The van der Waals surface area contributed by atoms with E-state index in [4.69, 9.17) is 7.57 Å². The second-order valence-corrected chi connectivity index (χ2v) is 4.58. The molecule has 1 unspecified atom stereocenters. The van der Waals surface area contributed by atoms with Gasteiger partial charge in [-0.25, -0.2) is 0 Å². The van der Waals surface area contributed by atoms with Crippen molar-refractivity contribution in [2.24, 2.45) is 0 Å². The fourth-order valence-corrected chi connectivity index (χ4v) is 2.38. The zero-order valence-corrected chi connectivity index (χ0v) is 8.49. The monoisotopic (exact) mass is 203 g/mol. The van der Waals surface area contributed by atoms with Crippen molar-refractivity contribution in [3.8, 4) is 0 Å². The molecule has 0 spiro atoms. The van der Waals surface area contributed by atoms with Crippen LogP contribution >= 0.6 is 7.95 Å². The Morgan fingerprint density at radius 2 is 1.93 bits per heavy atom. The van der Waals surface area contributed by atoms with Crippen molar-refractivity contribution in [3.05, 3.63) is 29.8 Å². The Morgan fingerprint density at radius 3 is 2.57 bits per heavy atom. The summed E-state index contributed by atoms with van der Waals surface area (Å²) in [6.07, 6.45) is 0. The number of anilines is 1. The van der Waals surface area contributed by atoms with E-state index in [-0.39, 0.29) is 0 Å². The molecule has 5 heteroatoms. The van der Waals surface area contributed by atoms with Crippen molar-refractivity contribution in [3.63, 3.8) is 0 Å². The molecule has 1 aliphatic rings. The van der Waals surface area contributed by atoms with E-state index < -0.39 is 19.6 Å². The van der Waals surface area contributed by atoms with Crippen molar-refractivity contribution >= 4 is 32.9 Å². The van der Waals surface area contributed by atoms with Gasteiger partial charge in [0, 0.05) is 0 Å². The summed E-state index contributed by atoms with van der Waals surface area (Å²) in [4.78, 5) is 23.0. The van der Waals surface area contributed by atoms with Crippen LogP contribution in [0.1, 0.15) is 10.4 Å². The molecule has 0 N–H and O–H groups in total. The standard InChI is InChI=1S/C9H7BNO2P/c1-14(10)11-7-5-3-2-4-6(7)8(12)9(11)13/h2-5H,1H3. The molecule has 2 radical (unpaired) electrons. The Kier molecular flexibility index (Phi) is 2.16. The molecule has 0 aromatic heterocycles. The Hall–Kier alpha value is -1.15. The van der Waals surface area contributed by atoms with Gasteiger partial charge in [-0.05, 0) is 18.8 Å². The molecule has 1 heterocycles. The number of ketones is 1. The molecule has 1 aliphatic heterocycles. The first-order valence-corrected chi connectivity index (χ1v) is 5.90. The summed E-state index contributed by atoms with van der Waals surface area (Å²) in [6.45, 7) is 1.74. The summed E-state index contributed by atoms with van der Waals surface area (Å²) < 4.78 is 1.38. The number of benzene rings is 1. The minimum Gasteiger partial charge on any atom is -0.294 e. The second kappa shape index (κ2) is 3.21. The first-order chi connectivity index (χ1) is 6.63. The molecule has 14 heavy (non-hydrogen) atoms. The van der Waals surface area contributed by atoms with E-state index in [2.05, 4.69) is 0 Å². The van der Waals surface area contributed by atoms with Crippen molar-refractivity contribution in [2.75, 3.05) is 11.3 Å². The van der Waals surface area contributed by atoms with Crippen LogP contribution in [-0.4, -0.2) is 25.9 Å². The van der Waals surface area contributed by atoms with Gasteiger partial charge < -0.3 is 0 Å². The Balaban J connectivity index is 2.59. The molecule has 0 saturated heterocycles. The fourth-order valence-electron chi connectivity index (χ4n) is 1.48. The molecule has 1 aromatic rings. The van der Waals surface area contributed by atoms with Crippen molar-refractivity contribution in [2.45, 2.75) is 0 Å². The van der Waals surface area contributed by atoms with Crippen molar-refractivity contribution in [1.82, 2.24) is 0 Å². The minimum absolute atomic E-state index is 0.456. The summed E-state index contributed by atoms with van der Waals surface area (Å²) >= 11 is 0. The van der Waals surface area contributed by atoms with Gasteiger partial charge in [0.25, 0.3) is 5.78 Å². The van der Waals surface area contributed by atoms with Crippen molar-refractivity contribution in [1.29, 1.82) is 0 Å². The molecular formula is C9H7BNO2P. The lowest BCUT2D eigenvalue weighted by Crippen LogP contribution is -2.24. The number of rotatable bonds is 1. The maximum atomic E-state index is 11.5. The highest BCUT2D eigenvalue weighted by atomic mass is 31.1. The molecule has 68 valence electrons. The minimum atomic E-state index is -1.09. The van der Waals surface area contributed by atoms with Gasteiger partial charge >= 0.3 is 5.91 Å². The number of nitrogens with zero attached hydrogens (tertiary/aromatic N) is 1. The van der Waals surface area contributed by atoms with Crippen LogP contribution in [0.25, 0.3) is 0 Å². The lowest BCUT2D eigenvalue weighted by Gasteiger charge is -2.21. The highest BCUT2D eigenvalue weighted by molar-refractivity contribution is 7.83. The Bertz CT molecular complexity index is 419. The Labute approximate surface area is 84.3 Å². The van der Waals surface area contributed by atoms with Gasteiger partial charge in [-0.1, -0.05) is 20.1 Å². The van der Waals surface area contributed by atoms with Crippen LogP contribution in [0.4, 0.5) is 5.69 Å². The average molecular weight is 203 g/mol. The predicted molar refractivity (Wildman–Crippen MR) is 56.9 cm³/mol. The van der Waals surface area contributed by atoms with Gasteiger partial charge in [0.05, 0.1) is 11.3 Å². The lowest BCUT2D eigenvalue weighted by atomic mass is 10.1. The zero-order valence-electron chi connectivity index (χ0n) is 7.60. The lowest BCUT2D eigenvalue weighted by molar-refractivity contribution is -0.113. The van der Waals surface area contributed by atoms with E-state index in [1.165, 1.54) is 4.67 Å². The summed E-state index contributed by atoms with van der Waals surface area (Å²) in [5.41, 5.74) is 1.09. The van der Waals surface area contributed by atoms with Gasteiger partial charge in [-0.2, -0.15) is 0 Å². The molecule has 0 aliphatic carbocycles. The quantitative estimate of drug-likeness (QED) is 0.392. The normalized spacial score (nSPS) is 17.1. The molecule has 0 saturated carbocycles. The smallest absolute Gasteiger partial charge is 0.294 e. The van der Waals surface area contributed by atoms with E-state index in [0.717, 1.165) is 0 Å². The number of para-hydroxylation sites is 1. The predicted octanol–water partition coefficient (Wildman–Crippen LogP) is 1.33. The fraction of sp³-hybridized carbons (Fsp3) is 0.111. The van der Waals surface area contributed by atoms with Gasteiger partial charge in [-0.3, -0.25) is 14.3 Å². The topological polar surface area (TPSA) is 37.4 Å². The van der Waals surface area contributed by atoms with E-state index in [9.17, 15) is 9.59 Å². The SMILES string of the molecule is [B]P(C)N1C(=O)C(=O)c2ccccc21. The maximum Gasteiger partial charge on any atom is 0.302 e. The van der Waals surface area contributed by atoms with Gasteiger partial charge in [0.2, 0.25) is 0 Å². The molecule has 3 nitrogen and oxygen atoms in total. The summed E-state index contributed by atoms with van der Waals surface area (Å²) in [5.74, 6) is -0.970. The third-order valence-corrected chi connectivity index (χ3v) is 3.11. The molecule has 1 atom stereocenters. The van der Waals surface area contributed by atoms with E-state index in [1.807, 2.05) is 0 Å². The highest BCUT2D eigenvalue weighted by Gasteiger charge is 2.36. The third-order valence-electron chi connectivity index (χ3n) is 2.08. The number of amides is 1. The molecule has 2 rings (SSSR count). The molecule has 1 amide bonds. The van der Waals surface area contributed by atoms with Crippen molar-refractivity contribution < 1.29 is 9.59 Å². The first-order valence-electron chi connectivity index (χ1n) is 4.09. The first kappa shape index (κ1) is 9.41. The van der Waals surface area contributed by atoms with Gasteiger partial charge in [-0.15, -0.1) is 0 Å². The number of hydrogen-bond acceptors (Lipinski definition) is 2. The summed E-state index contributed by atoms with van der Waals surface area (Å²) in [6, 6.07) is 6.91. The van der Waals surface area contributed by atoms with Crippen LogP contribution in [0.15, 0.2) is 24.3 Å². The van der Waals surface area contributed by atoms with Gasteiger partial charge in [0.15, 0.2) is 0 Å². The summed E-state index contributed by atoms with van der Waals surface area (Å²) in [5, 5.41) is 0. The average Bonchev–Trinajstić information content (AvgIpc) is 2.41. The largest absolute Gasteiger partial charge is 0.302 e. The number of carbonyl (C=O) groups is 2. The zero-order chi connectivity index (χ0) is 10.3. The van der Waals surface area contributed by atoms with Crippen LogP contribution in [0.5, 0.6) is 0 Å². The van der Waals surface area contributed by atoms with Crippen LogP contribution in [-0.2, 0) is 4.79 Å². The molecular weight excluding hydrogens is 196 g/mol. The molecule has 0 bridgehead atoms. The van der Waals surface area contributed by atoms with E-state index >= 15 is 0 Å². The third kappa shape index (κ3) is 1.18. The Morgan fingerprint density at radius 1 is 1.29 bits per heavy atom. The second-order valence-electron chi connectivity index (χ2n) is 3.04. The molecule has 1 aromatic carbocycles. The molecule has 0 fully saturated rings. The summed E-state index contributed by atoms with van der Waals surface area (Å²) in [7, 11) is 4.59. The van der Waals surface area contributed by atoms with Crippen LogP contribution < -0.4 is 4.67 Å².